The Morgan fingerprint density at radius 2 is 2.21 bits per heavy atom. The molecule has 5 nitrogen and oxygen atoms in total. The number of anilines is 1. The lowest BCUT2D eigenvalue weighted by Crippen LogP contribution is -2.22. The number of halogens is 2. The molecule has 1 aromatic rings. The molecule has 0 bridgehead atoms. The van der Waals surface area contributed by atoms with Gasteiger partial charge in [-0.25, -0.2) is 4.79 Å². The summed E-state index contributed by atoms with van der Waals surface area (Å²) in [7, 11) is 2.81. The Labute approximate surface area is 125 Å². The van der Waals surface area contributed by atoms with Gasteiger partial charge in [0.2, 0.25) is 0 Å². The van der Waals surface area contributed by atoms with Crippen LogP contribution >= 0.6 is 27.5 Å². The molecule has 0 radical (unpaired) electrons. The van der Waals surface area contributed by atoms with Gasteiger partial charge in [-0.05, 0) is 28.1 Å². The molecule has 0 saturated heterocycles. The number of aliphatic hydroxyl groups excluding tert-OH is 1. The number of ether oxygens (including phenoxy) is 2. The van der Waals surface area contributed by atoms with Crippen LogP contribution in [-0.4, -0.2) is 43.8 Å². The van der Waals surface area contributed by atoms with Crippen LogP contribution in [-0.2, 0) is 4.74 Å². The molecule has 2 N–H and O–H groups in total. The van der Waals surface area contributed by atoms with Crippen LogP contribution in [0.1, 0.15) is 10.4 Å². The highest BCUT2D eigenvalue weighted by molar-refractivity contribution is 9.10. The van der Waals surface area contributed by atoms with Crippen LogP contribution in [0, 0.1) is 0 Å². The molecule has 1 unspecified atom stereocenters. The fraction of sp³-hybridized carbons (Fsp3) is 0.417. The van der Waals surface area contributed by atoms with E-state index in [0.717, 1.165) is 0 Å². The van der Waals surface area contributed by atoms with Gasteiger partial charge in [0.25, 0.3) is 0 Å². The number of aliphatic hydroxyl groups is 1. The minimum Gasteiger partial charge on any atom is -0.496 e. The highest BCUT2D eigenvalue weighted by Gasteiger charge is 2.16. The molecule has 0 spiro atoms. The third kappa shape index (κ3) is 4.26. The Morgan fingerprint density at radius 1 is 1.53 bits per heavy atom. The van der Waals surface area contributed by atoms with Crippen molar-refractivity contribution in [3.05, 3.63) is 22.2 Å². The van der Waals surface area contributed by atoms with Gasteiger partial charge in [0.05, 0.1) is 41.9 Å². The van der Waals surface area contributed by atoms with Gasteiger partial charge in [-0.1, -0.05) is 0 Å². The van der Waals surface area contributed by atoms with E-state index in [2.05, 4.69) is 21.2 Å². The number of carbonyl (C=O) groups is 1. The summed E-state index contributed by atoms with van der Waals surface area (Å²) in [4.78, 5) is 11.7. The first-order valence-electron chi connectivity index (χ1n) is 5.47. The Kier molecular flexibility index (Phi) is 6.41. The van der Waals surface area contributed by atoms with Gasteiger partial charge in [-0.15, -0.1) is 11.6 Å². The molecule has 1 rings (SSSR count). The van der Waals surface area contributed by atoms with Crippen molar-refractivity contribution in [3.63, 3.8) is 0 Å². The van der Waals surface area contributed by atoms with Crippen molar-refractivity contribution >= 4 is 39.2 Å². The summed E-state index contributed by atoms with van der Waals surface area (Å²) in [5, 5.41) is 12.4. The number of nitrogens with one attached hydrogen (secondary N) is 1. The molecule has 19 heavy (non-hydrogen) atoms. The topological polar surface area (TPSA) is 67.8 Å². The van der Waals surface area contributed by atoms with E-state index in [0.29, 0.717) is 21.5 Å². The van der Waals surface area contributed by atoms with Crippen LogP contribution in [0.15, 0.2) is 16.6 Å². The van der Waals surface area contributed by atoms with E-state index in [1.807, 2.05) is 0 Å². The largest absolute Gasteiger partial charge is 0.496 e. The predicted molar refractivity (Wildman–Crippen MR) is 77.3 cm³/mol. The van der Waals surface area contributed by atoms with E-state index in [-0.39, 0.29) is 12.4 Å². The quantitative estimate of drug-likeness (QED) is 0.607. The first kappa shape index (κ1) is 16.1. The summed E-state index contributed by atoms with van der Waals surface area (Å²) >= 11 is 8.85. The summed E-state index contributed by atoms with van der Waals surface area (Å²) in [5.74, 6) is 0.134. The molecule has 7 heteroatoms. The van der Waals surface area contributed by atoms with E-state index >= 15 is 0 Å². The zero-order valence-corrected chi connectivity index (χ0v) is 12.9. The van der Waals surface area contributed by atoms with Gasteiger partial charge in [0.1, 0.15) is 5.75 Å². The van der Waals surface area contributed by atoms with E-state index in [1.165, 1.54) is 14.2 Å². The lowest BCUT2D eigenvalue weighted by Gasteiger charge is -2.15. The van der Waals surface area contributed by atoms with Gasteiger partial charge >= 0.3 is 5.97 Å². The SMILES string of the molecule is COC(=O)c1cc(OC)c(Br)cc1NCC(O)CCl. The number of benzene rings is 1. The van der Waals surface area contributed by atoms with Gasteiger partial charge in [-0.3, -0.25) is 0 Å². The van der Waals surface area contributed by atoms with Gasteiger partial charge in [0.15, 0.2) is 0 Å². The van der Waals surface area contributed by atoms with Crippen molar-refractivity contribution in [2.75, 3.05) is 32.0 Å². The van der Waals surface area contributed by atoms with Gasteiger partial charge in [-0.2, -0.15) is 0 Å². The highest BCUT2D eigenvalue weighted by atomic mass is 79.9. The molecule has 1 atom stereocenters. The predicted octanol–water partition coefficient (Wildman–Crippen LogP) is 2.26. The number of carbonyl (C=O) groups excluding carboxylic acids is 1. The fourth-order valence-corrected chi connectivity index (χ4v) is 2.03. The first-order valence-corrected chi connectivity index (χ1v) is 6.80. The summed E-state index contributed by atoms with van der Waals surface area (Å²) in [5.41, 5.74) is 0.855. The number of hydrogen-bond acceptors (Lipinski definition) is 5. The average Bonchev–Trinajstić information content (AvgIpc) is 2.43. The van der Waals surface area contributed by atoms with Gasteiger partial charge in [0, 0.05) is 6.54 Å². The van der Waals surface area contributed by atoms with Crippen molar-refractivity contribution in [3.8, 4) is 5.75 Å². The monoisotopic (exact) mass is 351 g/mol. The van der Waals surface area contributed by atoms with E-state index < -0.39 is 12.1 Å². The number of methoxy groups -OCH3 is 2. The summed E-state index contributed by atoms with van der Waals surface area (Å²) in [6, 6.07) is 3.25. The normalized spacial score (nSPS) is 11.8. The van der Waals surface area contributed by atoms with Crippen molar-refractivity contribution in [1.29, 1.82) is 0 Å². The standard InChI is InChI=1S/C12H15BrClNO4/c1-18-11-3-8(12(17)19-2)10(4-9(11)13)15-6-7(16)5-14/h3-4,7,15-16H,5-6H2,1-2H3. The molecule has 0 heterocycles. The van der Waals surface area contributed by atoms with Crippen LogP contribution in [0.3, 0.4) is 0 Å². The molecule has 0 aliphatic carbocycles. The van der Waals surface area contributed by atoms with Crippen LogP contribution < -0.4 is 10.1 Å². The maximum Gasteiger partial charge on any atom is 0.340 e. The Hall–Kier alpha value is -0.980. The summed E-state index contributed by atoms with van der Waals surface area (Å²) in [6.07, 6.45) is -0.701. The van der Waals surface area contributed by atoms with Crippen molar-refractivity contribution in [1.82, 2.24) is 0 Å². The van der Waals surface area contributed by atoms with Crippen LogP contribution in [0.4, 0.5) is 5.69 Å². The maximum atomic E-state index is 11.7. The zero-order valence-electron chi connectivity index (χ0n) is 10.6. The minimum atomic E-state index is -0.701. The third-order valence-corrected chi connectivity index (χ3v) is 3.38. The molecule has 0 aromatic heterocycles. The second-order valence-electron chi connectivity index (χ2n) is 3.71. The second kappa shape index (κ2) is 7.57. The molecule has 1 aromatic carbocycles. The summed E-state index contributed by atoms with van der Waals surface area (Å²) < 4.78 is 10.5. The summed E-state index contributed by atoms with van der Waals surface area (Å²) in [6.45, 7) is 0.228. The van der Waals surface area contributed by atoms with Crippen LogP contribution in [0.25, 0.3) is 0 Å². The smallest absolute Gasteiger partial charge is 0.340 e. The third-order valence-electron chi connectivity index (χ3n) is 2.40. The number of rotatable bonds is 6. The van der Waals surface area contributed by atoms with E-state index in [4.69, 9.17) is 21.1 Å². The average molecular weight is 353 g/mol. The molecule has 0 saturated carbocycles. The Bertz CT molecular complexity index is 456. The second-order valence-corrected chi connectivity index (χ2v) is 4.88. The van der Waals surface area contributed by atoms with Crippen molar-refractivity contribution < 1.29 is 19.4 Å². The Balaban J connectivity index is 3.06. The lowest BCUT2D eigenvalue weighted by atomic mass is 10.1. The molecular formula is C12H15BrClNO4. The number of esters is 1. The molecule has 0 amide bonds. The van der Waals surface area contributed by atoms with Crippen molar-refractivity contribution in [2.45, 2.75) is 6.10 Å². The number of hydrogen-bond donors (Lipinski definition) is 2. The zero-order chi connectivity index (χ0) is 14.4. The van der Waals surface area contributed by atoms with E-state index in [9.17, 15) is 9.90 Å². The Morgan fingerprint density at radius 3 is 2.74 bits per heavy atom. The number of alkyl halides is 1. The molecule has 0 fully saturated rings. The molecule has 0 aliphatic heterocycles. The fourth-order valence-electron chi connectivity index (χ4n) is 1.42. The van der Waals surface area contributed by atoms with Crippen molar-refractivity contribution in [2.24, 2.45) is 0 Å². The maximum absolute atomic E-state index is 11.7. The molecule has 106 valence electrons. The van der Waals surface area contributed by atoms with Crippen LogP contribution in [0.2, 0.25) is 0 Å². The first-order chi connectivity index (χ1) is 9.03. The van der Waals surface area contributed by atoms with Crippen LogP contribution in [0.5, 0.6) is 5.75 Å². The highest BCUT2D eigenvalue weighted by Crippen LogP contribution is 2.31. The lowest BCUT2D eigenvalue weighted by molar-refractivity contribution is 0.0601. The molecule has 0 aliphatic rings. The minimum absolute atomic E-state index is 0.109. The molecular weight excluding hydrogens is 337 g/mol. The van der Waals surface area contributed by atoms with E-state index in [1.54, 1.807) is 12.1 Å². The van der Waals surface area contributed by atoms with Gasteiger partial charge < -0.3 is 19.9 Å².